The summed E-state index contributed by atoms with van der Waals surface area (Å²) < 4.78 is 6.41. The lowest BCUT2D eigenvalue weighted by Crippen LogP contribution is -2.34. The van der Waals surface area contributed by atoms with Gasteiger partial charge < -0.3 is 15.1 Å². The molecule has 0 spiro atoms. The molecule has 104 valence electrons. The van der Waals surface area contributed by atoms with Gasteiger partial charge in [-0.25, -0.2) is 4.79 Å². The van der Waals surface area contributed by atoms with E-state index in [1.165, 1.54) is 0 Å². The van der Waals surface area contributed by atoms with Crippen LogP contribution in [0.4, 0.5) is 10.5 Å². The molecule has 1 aromatic heterocycles. The molecule has 1 aliphatic carbocycles. The Kier molecular flexibility index (Phi) is 3.78. The summed E-state index contributed by atoms with van der Waals surface area (Å²) in [7, 11) is 0. The Hall–Kier alpha value is -1.75. The van der Waals surface area contributed by atoms with Crippen LogP contribution in [0.3, 0.4) is 0 Å². The molecule has 1 atom stereocenters. The van der Waals surface area contributed by atoms with Gasteiger partial charge in [0.2, 0.25) is 0 Å². The molecule has 20 heavy (non-hydrogen) atoms. The first kappa shape index (κ1) is 13.2. The lowest BCUT2D eigenvalue weighted by atomic mass is 9.93. The largest absolute Gasteiger partial charge is 0.469 e. The van der Waals surface area contributed by atoms with Gasteiger partial charge in [-0.05, 0) is 43.2 Å². The van der Waals surface area contributed by atoms with E-state index in [2.05, 4.69) is 26.6 Å². The summed E-state index contributed by atoms with van der Waals surface area (Å²) in [5.74, 6) is 0.991. The van der Waals surface area contributed by atoms with Gasteiger partial charge in [0.05, 0.1) is 12.3 Å². The molecular formula is C15H15BrN2O2. The van der Waals surface area contributed by atoms with Crippen molar-refractivity contribution in [2.75, 3.05) is 5.32 Å². The van der Waals surface area contributed by atoms with Crippen LogP contribution in [0.2, 0.25) is 0 Å². The highest BCUT2D eigenvalue weighted by Gasteiger charge is 2.23. The van der Waals surface area contributed by atoms with Crippen molar-refractivity contribution in [2.45, 2.75) is 25.3 Å². The van der Waals surface area contributed by atoms with Crippen molar-refractivity contribution in [1.29, 1.82) is 0 Å². The normalized spacial score (nSPS) is 17.4. The van der Waals surface area contributed by atoms with E-state index in [1.54, 1.807) is 6.26 Å². The number of carbonyl (C=O) groups is 1. The molecule has 1 heterocycles. The van der Waals surface area contributed by atoms with E-state index in [9.17, 15) is 4.79 Å². The molecule has 4 nitrogen and oxygen atoms in total. The van der Waals surface area contributed by atoms with Crippen LogP contribution in [0.15, 0.2) is 45.5 Å². The molecule has 3 rings (SSSR count). The molecule has 1 aliphatic rings. The van der Waals surface area contributed by atoms with Crippen LogP contribution in [0.25, 0.3) is 0 Å². The Morgan fingerprint density at radius 2 is 2.05 bits per heavy atom. The first-order valence-corrected chi connectivity index (χ1v) is 7.41. The third-order valence-electron chi connectivity index (χ3n) is 3.46. The van der Waals surface area contributed by atoms with Crippen LogP contribution in [0.5, 0.6) is 0 Å². The number of carbonyl (C=O) groups excluding carboxylic acids is 1. The molecule has 2 aromatic rings. The Labute approximate surface area is 125 Å². The van der Waals surface area contributed by atoms with E-state index < -0.39 is 0 Å². The number of anilines is 1. The molecule has 5 heteroatoms. The molecule has 0 fully saturated rings. The number of rotatable bonds is 2. The lowest BCUT2D eigenvalue weighted by molar-refractivity contribution is 0.246. The maximum absolute atomic E-state index is 12.0. The summed E-state index contributed by atoms with van der Waals surface area (Å²) in [6.07, 6.45) is 4.62. The zero-order valence-electron chi connectivity index (χ0n) is 10.9. The van der Waals surface area contributed by atoms with Gasteiger partial charge in [-0.2, -0.15) is 0 Å². The maximum Gasteiger partial charge on any atom is 0.319 e. The molecule has 0 saturated carbocycles. The Balaban J connectivity index is 1.64. The summed E-state index contributed by atoms with van der Waals surface area (Å²) in [4.78, 5) is 12.0. The van der Waals surface area contributed by atoms with E-state index in [0.29, 0.717) is 0 Å². The quantitative estimate of drug-likeness (QED) is 0.862. The number of aryl methyl sites for hydroxylation is 1. The molecular weight excluding hydrogens is 320 g/mol. The molecule has 0 bridgehead atoms. The predicted molar refractivity (Wildman–Crippen MR) is 80.7 cm³/mol. The van der Waals surface area contributed by atoms with Gasteiger partial charge in [0.15, 0.2) is 0 Å². The number of hydrogen-bond acceptors (Lipinski definition) is 2. The molecule has 2 amide bonds. The number of hydrogen-bond donors (Lipinski definition) is 2. The van der Waals surface area contributed by atoms with Gasteiger partial charge >= 0.3 is 6.03 Å². The minimum absolute atomic E-state index is 0.0351. The fourth-order valence-corrected chi connectivity index (χ4v) is 2.76. The van der Waals surface area contributed by atoms with Crippen molar-refractivity contribution < 1.29 is 9.21 Å². The van der Waals surface area contributed by atoms with Gasteiger partial charge in [0.1, 0.15) is 5.76 Å². The van der Waals surface area contributed by atoms with Crippen LogP contribution in [-0.2, 0) is 6.42 Å². The van der Waals surface area contributed by atoms with Crippen molar-refractivity contribution in [3.63, 3.8) is 0 Å². The van der Waals surface area contributed by atoms with Crippen molar-refractivity contribution in [3.05, 3.63) is 52.4 Å². The number of urea groups is 1. The number of amides is 2. The van der Waals surface area contributed by atoms with Crippen molar-refractivity contribution in [2.24, 2.45) is 0 Å². The van der Waals surface area contributed by atoms with Crippen LogP contribution in [0, 0.1) is 0 Å². The number of nitrogens with one attached hydrogen (secondary N) is 2. The summed E-state index contributed by atoms with van der Waals surface area (Å²) in [5, 5.41) is 5.84. The summed E-state index contributed by atoms with van der Waals surface area (Å²) in [6, 6.07) is 9.29. The van der Waals surface area contributed by atoms with Crippen LogP contribution < -0.4 is 10.6 Å². The van der Waals surface area contributed by atoms with Gasteiger partial charge in [0, 0.05) is 22.1 Å². The first-order valence-electron chi connectivity index (χ1n) is 6.62. The zero-order valence-corrected chi connectivity index (χ0v) is 12.4. The number of fused-ring (bicyclic) bond motifs is 1. The fourth-order valence-electron chi connectivity index (χ4n) is 2.50. The van der Waals surface area contributed by atoms with Crippen molar-refractivity contribution in [1.82, 2.24) is 5.32 Å². The third kappa shape index (κ3) is 2.88. The van der Waals surface area contributed by atoms with Gasteiger partial charge in [-0.1, -0.05) is 15.9 Å². The second kappa shape index (κ2) is 5.71. The number of furan rings is 1. The molecule has 1 unspecified atom stereocenters. The molecule has 1 aromatic carbocycles. The fraction of sp³-hybridized carbons (Fsp3) is 0.267. The minimum Gasteiger partial charge on any atom is -0.469 e. The number of benzene rings is 1. The lowest BCUT2D eigenvalue weighted by Gasteiger charge is -2.22. The molecule has 0 radical (unpaired) electrons. The van der Waals surface area contributed by atoms with E-state index in [0.717, 1.165) is 40.7 Å². The highest BCUT2D eigenvalue weighted by molar-refractivity contribution is 9.10. The second-order valence-corrected chi connectivity index (χ2v) is 5.76. The monoisotopic (exact) mass is 334 g/mol. The molecule has 0 aliphatic heterocycles. The topological polar surface area (TPSA) is 54.3 Å². The third-order valence-corrected chi connectivity index (χ3v) is 3.99. The van der Waals surface area contributed by atoms with Gasteiger partial charge in [-0.3, -0.25) is 0 Å². The van der Waals surface area contributed by atoms with Gasteiger partial charge in [0.25, 0.3) is 0 Å². The maximum atomic E-state index is 12.0. The standard InChI is InChI=1S/C15H15BrN2O2/c16-10-4-6-11(7-5-10)17-15(19)18-13-2-1-3-14-12(13)8-9-20-14/h4-9,13H,1-3H2,(H2,17,18,19). The second-order valence-electron chi connectivity index (χ2n) is 4.85. The Morgan fingerprint density at radius 3 is 2.85 bits per heavy atom. The summed E-state index contributed by atoms with van der Waals surface area (Å²) >= 11 is 3.37. The predicted octanol–water partition coefficient (Wildman–Crippen LogP) is 4.24. The zero-order chi connectivity index (χ0) is 13.9. The molecule has 0 saturated heterocycles. The smallest absolute Gasteiger partial charge is 0.319 e. The highest BCUT2D eigenvalue weighted by atomic mass is 79.9. The summed E-state index contributed by atoms with van der Waals surface area (Å²) in [6.45, 7) is 0. The van der Waals surface area contributed by atoms with Crippen LogP contribution in [-0.4, -0.2) is 6.03 Å². The van der Waals surface area contributed by atoms with E-state index in [4.69, 9.17) is 4.42 Å². The van der Waals surface area contributed by atoms with Crippen molar-refractivity contribution >= 4 is 27.6 Å². The van der Waals surface area contributed by atoms with E-state index >= 15 is 0 Å². The van der Waals surface area contributed by atoms with Crippen LogP contribution >= 0.6 is 15.9 Å². The van der Waals surface area contributed by atoms with E-state index in [1.807, 2.05) is 30.3 Å². The molecule has 2 N–H and O–H groups in total. The highest BCUT2D eigenvalue weighted by Crippen LogP contribution is 2.30. The van der Waals surface area contributed by atoms with Crippen molar-refractivity contribution in [3.8, 4) is 0 Å². The van der Waals surface area contributed by atoms with Gasteiger partial charge in [-0.15, -0.1) is 0 Å². The Bertz CT molecular complexity index is 607. The Morgan fingerprint density at radius 1 is 1.25 bits per heavy atom. The summed E-state index contributed by atoms with van der Waals surface area (Å²) in [5.41, 5.74) is 1.87. The minimum atomic E-state index is -0.189. The SMILES string of the molecule is O=C(Nc1ccc(Br)cc1)NC1CCCc2occc21. The van der Waals surface area contributed by atoms with Crippen LogP contribution in [0.1, 0.15) is 30.2 Å². The number of halogens is 1. The average Bonchev–Trinajstić information content (AvgIpc) is 2.91. The first-order chi connectivity index (χ1) is 9.72. The average molecular weight is 335 g/mol. The van der Waals surface area contributed by atoms with E-state index in [-0.39, 0.29) is 12.1 Å².